The summed E-state index contributed by atoms with van der Waals surface area (Å²) in [6.07, 6.45) is 0. The van der Waals surface area contributed by atoms with Crippen LogP contribution in [-0.2, 0) is 4.74 Å². The zero-order valence-electron chi connectivity index (χ0n) is 12.1. The van der Waals surface area contributed by atoms with E-state index < -0.39 is 0 Å². The van der Waals surface area contributed by atoms with Gasteiger partial charge >= 0.3 is 0 Å². The summed E-state index contributed by atoms with van der Waals surface area (Å²) in [6, 6.07) is 1.68. The minimum Gasteiger partial charge on any atom is -0.383 e. The summed E-state index contributed by atoms with van der Waals surface area (Å²) in [6.45, 7) is 12.0. The first-order valence-electron chi connectivity index (χ1n) is 6.71. The molecule has 17 heavy (non-hydrogen) atoms. The molecule has 2 atom stereocenters. The maximum Gasteiger partial charge on any atom is 0.0630 e. The van der Waals surface area contributed by atoms with Gasteiger partial charge in [-0.3, -0.25) is 4.90 Å². The largest absolute Gasteiger partial charge is 0.383 e. The highest BCUT2D eigenvalue weighted by molar-refractivity contribution is 4.83. The van der Waals surface area contributed by atoms with Crippen molar-refractivity contribution >= 4 is 0 Å². The average Bonchev–Trinajstić information content (AvgIpc) is 2.28. The van der Waals surface area contributed by atoms with Crippen LogP contribution in [0.3, 0.4) is 0 Å². The first-order chi connectivity index (χ1) is 8.04. The standard InChI is InChI=1S/C13H29N3O/c1-11(2)14-8-13(10-17-5)16-7-6-15(4)12(3)9-16/h11-14H,6-10H2,1-5H3. The second-order valence-corrected chi connectivity index (χ2v) is 5.50. The summed E-state index contributed by atoms with van der Waals surface area (Å²) in [5, 5.41) is 3.52. The fourth-order valence-electron chi connectivity index (χ4n) is 2.27. The van der Waals surface area contributed by atoms with Crippen molar-refractivity contribution in [3.63, 3.8) is 0 Å². The molecule has 0 aromatic carbocycles. The molecule has 0 amide bonds. The molecule has 4 nitrogen and oxygen atoms in total. The minimum absolute atomic E-state index is 0.499. The minimum atomic E-state index is 0.499. The number of likely N-dealkylation sites (N-methyl/N-ethyl adjacent to an activating group) is 1. The van der Waals surface area contributed by atoms with Gasteiger partial charge in [0.1, 0.15) is 0 Å². The number of rotatable bonds is 6. The molecule has 0 saturated carbocycles. The van der Waals surface area contributed by atoms with E-state index in [-0.39, 0.29) is 0 Å². The van der Waals surface area contributed by atoms with Crippen LogP contribution in [0.15, 0.2) is 0 Å². The third-order valence-electron chi connectivity index (χ3n) is 3.63. The van der Waals surface area contributed by atoms with Crippen molar-refractivity contribution < 1.29 is 4.74 Å². The van der Waals surface area contributed by atoms with Crippen LogP contribution in [0.1, 0.15) is 20.8 Å². The van der Waals surface area contributed by atoms with Crippen molar-refractivity contribution in [1.29, 1.82) is 0 Å². The van der Waals surface area contributed by atoms with Gasteiger partial charge in [-0.15, -0.1) is 0 Å². The van der Waals surface area contributed by atoms with Gasteiger partial charge in [-0.25, -0.2) is 0 Å². The predicted octanol–water partition coefficient (Wildman–Crippen LogP) is 0.635. The Hall–Kier alpha value is -0.160. The summed E-state index contributed by atoms with van der Waals surface area (Å²) < 4.78 is 5.36. The summed E-state index contributed by atoms with van der Waals surface area (Å²) in [4.78, 5) is 4.99. The Morgan fingerprint density at radius 1 is 1.35 bits per heavy atom. The number of ether oxygens (including phenoxy) is 1. The molecule has 1 aliphatic heterocycles. The lowest BCUT2D eigenvalue weighted by atomic mass is 10.1. The first-order valence-corrected chi connectivity index (χ1v) is 6.71. The van der Waals surface area contributed by atoms with E-state index in [2.05, 4.69) is 42.9 Å². The van der Waals surface area contributed by atoms with Crippen molar-refractivity contribution in [1.82, 2.24) is 15.1 Å². The van der Waals surface area contributed by atoms with E-state index in [4.69, 9.17) is 4.74 Å². The lowest BCUT2D eigenvalue weighted by Gasteiger charge is -2.41. The van der Waals surface area contributed by atoms with Crippen molar-refractivity contribution in [2.24, 2.45) is 0 Å². The molecule has 0 aromatic rings. The molecule has 0 bridgehead atoms. The van der Waals surface area contributed by atoms with Gasteiger partial charge in [-0.05, 0) is 14.0 Å². The molecule has 102 valence electrons. The number of hydrogen-bond acceptors (Lipinski definition) is 4. The molecule has 1 heterocycles. The monoisotopic (exact) mass is 243 g/mol. The third kappa shape index (κ3) is 4.92. The lowest BCUT2D eigenvalue weighted by molar-refractivity contribution is 0.0338. The Morgan fingerprint density at radius 2 is 2.06 bits per heavy atom. The molecule has 0 aliphatic carbocycles. The topological polar surface area (TPSA) is 27.7 Å². The number of piperazine rings is 1. The van der Waals surface area contributed by atoms with Gasteiger partial charge in [-0.1, -0.05) is 13.8 Å². The Kier molecular flexibility index (Phi) is 6.41. The molecule has 1 fully saturated rings. The summed E-state index contributed by atoms with van der Waals surface area (Å²) >= 11 is 0. The van der Waals surface area contributed by atoms with E-state index in [0.717, 1.165) is 32.8 Å². The van der Waals surface area contributed by atoms with Gasteiger partial charge in [0.05, 0.1) is 6.61 Å². The maximum atomic E-state index is 5.36. The van der Waals surface area contributed by atoms with Gasteiger partial charge in [-0.2, -0.15) is 0 Å². The van der Waals surface area contributed by atoms with Crippen LogP contribution in [0.25, 0.3) is 0 Å². The van der Waals surface area contributed by atoms with Crippen molar-refractivity contribution in [2.75, 3.05) is 46.9 Å². The normalized spacial score (nSPS) is 25.4. The quantitative estimate of drug-likeness (QED) is 0.741. The maximum absolute atomic E-state index is 5.36. The highest BCUT2D eigenvalue weighted by atomic mass is 16.5. The average molecular weight is 243 g/mol. The van der Waals surface area contributed by atoms with E-state index in [1.165, 1.54) is 0 Å². The lowest BCUT2D eigenvalue weighted by Crippen LogP contribution is -2.57. The van der Waals surface area contributed by atoms with Crippen LogP contribution in [0.2, 0.25) is 0 Å². The Morgan fingerprint density at radius 3 is 2.59 bits per heavy atom. The summed E-state index contributed by atoms with van der Waals surface area (Å²) in [5.74, 6) is 0. The highest BCUT2D eigenvalue weighted by Crippen LogP contribution is 2.10. The molecule has 1 rings (SSSR count). The van der Waals surface area contributed by atoms with Gasteiger partial charge in [0.2, 0.25) is 0 Å². The van der Waals surface area contributed by atoms with E-state index in [1.807, 2.05) is 0 Å². The van der Waals surface area contributed by atoms with E-state index in [9.17, 15) is 0 Å². The zero-order chi connectivity index (χ0) is 12.8. The molecular weight excluding hydrogens is 214 g/mol. The summed E-state index contributed by atoms with van der Waals surface area (Å²) in [7, 11) is 4.00. The second kappa shape index (κ2) is 7.31. The molecule has 4 heteroatoms. The molecule has 1 N–H and O–H groups in total. The zero-order valence-corrected chi connectivity index (χ0v) is 12.1. The van der Waals surface area contributed by atoms with E-state index in [0.29, 0.717) is 18.1 Å². The second-order valence-electron chi connectivity index (χ2n) is 5.50. The number of nitrogens with zero attached hydrogens (tertiary/aromatic N) is 2. The van der Waals surface area contributed by atoms with Crippen molar-refractivity contribution in [2.45, 2.75) is 38.9 Å². The van der Waals surface area contributed by atoms with Gasteiger partial charge in [0.15, 0.2) is 0 Å². The molecule has 0 radical (unpaired) electrons. The van der Waals surface area contributed by atoms with Crippen LogP contribution in [0.5, 0.6) is 0 Å². The molecule has 0 aromatic heterocycles. The van der Waals surface area contributed by atoms with E-state index in [1.54, 1.807) is 7.11 Å². The Bertz CT molecular complexity index is 211. The van der Waals surface area contributed by atoms with Crippen LogP contribution in [0, 0.1) is 0 Å². The van der Waals surface area contributed by atoms with E-state index >= 15 is 0 Å². The Labute approximate surface area is 106 Å². The fraction of sp³-hybridized carbons (Fsp3) is 1.00. The molecule has 1 saturated heterocycles. The van der Waals surface area contributed by atoms with Crippen LogP contribution >= 0.6 is 0 Å². The Balaban J connectivity index is 2.45. The first kappa shape index (κ1) is 14.9. The predicted molar refractivity (Wildman–Crippen MR) is 72.5 cm³/mol. The number of hydrogen-bond donors (Lipinski definition) is 1. The van der Waals surface area contributed by atoms with Crippen molar-refractivity contribution in [3.8, 4) is 0 Å². The number of methoxy groups -OCH3 is 1. The van der Waals surface area contributed by atoms with Gasteiger partial charge in [0, 0.05) is 51.4 Å². The molecule has 1 aliphatic rings. The van der Waals surface area contributed by atoms with Crippen molar-refractivity contribution in [3.05, 3.63) is 0 Å². The smallest absolute Gasteiger partial charge is 0.0630 e. The fourth-order valence-corrected chi connectivity index (χ4v) is 2.27. The summed E-state index contributed by atoms with van der Waals surface area (Å²) in [5.41, 5.74) is 0. The molecule has 2 unspecified atom stereocenters. The van der Waals surface area contributed by atoms with Gasteiger partial charge < -0.3 is 15.0 Å². The van der Waals surface area contributed by atoms with Crippen LogP contribution < -0.4 is 5.32 Å². The molecular formula is C13H29N3O. The highest BCUT2D eigenvalue weighted by Gasteiger charge is 2.26. The number of nitrogens with one attached hydrogen (secondary N) is 1. The van der Waals surface area contributed by atoms with Crippen LogP contribution in [-0.4, -0.2) is 74.9 Å². The SMILES string of the molecule is COCC(CNC(C)C)N1CCN(C)C(C)C1. The third-order valence-corrected chi connectivity index (χ3v) is 3.63. The van der Waals surface area contributed by atoms with Gasteiger partial charge in [0.25, 0.3) is 0 Å². The van der Waals surface area contributed by atoms with Crippen LogP contribution in [0.4, 0.5) is 0 Å². The molecule has 0 spiro atoms.